The van der Waals surface area contributed by atoms with Gasteiger partial charge in [0, 0.05) is 12.6 Å². The van der Waals surface area contributed by atoms with Crippen molar-refractivity contribution in [2.24, 2.45) is 0 Å². The van der Waals surface area contributed by atoms with Crippen LogP contribution in [0, 0.1) is 11.6 Å². The molecule has 2 aromatic rings. The fraction of sp³-hybridized carbons (Fsp3) is 0.389. The van der Waals surface area contributed by atoms with Crippen LogP contribution in [0.1, 0.15) is 6.42 Å². The monoisotopic (exact) mass is 456 g/mol. The zero-order valence-corrected chi connectivity index (χ0v) is 17.3. The normalized spacial score (nSPS) is 20.4. The van der Waals surface area contributed by atoms with Gasteiger partial charge < -0.3 is 14.7 Å². The van der Waals surface area contributed by atoms with E-state index in [4.69, 9.17) is 8.92 Å². The maximum atomic E-state index is 14.1. The molecule has 1 N–H and O–H groups in total. The van der Waals surface area contributed by atoms with Gasteiger partial charge in [0.2, 0.25) is 0 Å². The standard InChI is InChI=1S/C18H18F2N4O6S/c1-29-16-12(3-9(19)4-13(16)20)14-6-15-17(22-21-14)24(18(25)26)7-10-5-11(8-23(10)15)30-31(2,27)28/h3-4,6,10-11H,5,7-8H2,1-2H3,(H,25,26)/t10-,11+/m1/s1. The number of aromatic nitrogens is 2. The number of methoxy groups -OCH3 is 1. The second-order valence-corrected chi connectivity index (χ2v) is 8.86. The minimum atomic E-state index is -3.71. The highest BCUT2D eigenvalue weighted by Crippen LogP contribution is 2.42. The van der Waals surface area contributed by atoms with E-state index >= 15 is 0 Å². The summed E-state index contributed by atoms with van der Waals surface area (Å²) in [6.07, 6.45) is -0.730. The smallest absolute Gasteiger partial charge is 0.413 e. The third kappa shape index (κ3) is 3.97. The summed E-state index contributed by atoms with van der Waals surface area (Å²) in [5, 5.41) is 17.5. The molecule has 166 valence electrons. The highest BCUT2D eigenvalue weighted by atomic mass is 32.2. The minimum absolute atomic E-state index is 0.00225. The summed E-state index contributed by atoms with van der Waals surface area (Å²) in [7, 11) is -2.49. The second-order valence-electron chi connectivity index (χ2n) is 7.26. The topological polar surface area (TPSA) is 122 Å². The Kier molecular flexibility index (Phi) is 5.17. The van der Waals surface area contributed by atoms with Crippen molar-refractivity contribution < 1.29 is 36.0 Å². The Morgan fingerprint density at radius 3 is 2.61 bits per heavy atom. The van der Waals surface area contributed by atoms with Gasteiger partial charge in [0.1, 0.15) is 5.82 Å². The Morgan fingerprint density at radius 1 is 1.23 bits per heavy atom. The van der Waals surface area contributed by atoms with Gasteiger partial charge in [0.05, 0.1) is 49.0 Å². The molecule has 0 aliphatic carbocycles. The average Bonchev–Trinajstić information content (AvgIpc) is 3.07. The Hall–Kier alpha value is -3.06. The van der Waals surface area contributed by atoms with Crippen molar-refractivity contribution in [2.45, 2.75) is 18.6 Å². The number of hydrogen-bond donors (Lipinski definition) is 1. The van der Waals surface area contributed by atoms with Crippen molar-refractivity contribution in [2.75, 3.05) is 36.3 Å². The molecule has 0 saturated carbocycles. The van der Waals surface area contributed by atoms with Crippen LogP contribution in [-0.2, 0) is 14.3 Å². The van der Waals surface area contributed by atoms with Gasteiger partial charge in [0.15, 0.2) is 17.4 Å². The maximum Gasteiger partial charge on any atom is 0.413 e. The Bertz CT molecular complexity index is 1160. The second kappa shape index (κ2) is 7.57. The number of benzene rings is 1. The molecule has 0 radical (unpaired) electrons. The lowest BCUT2D eigenvalue weighted by atomic mass is 10.1. The molecular weight excluding hydrogens is 438 g/mol. The van der Waals surface area contributed by atoms with Crippen molar-refractivity contribution in [3.8, 4) is 17.0 Å². The number of hydrogen-bond acceptors (Lipinski definition) is 8. The van der Waals surface area contributed by atoms with Crippen LogP contribution in [0.25, 0.3) is 11.3 Å². The number of rotatable bonds is 4. The highest BCUT2D eigenvalue weighted by Gasteiger charge is 2.43. The lowest BCUT2D eigenvalue weighted by molar-refractivity contribution is 0.199. The molecule has 0 unspecified atom stereocenters. The lowest BCUT2D eigenvalue weighted by Gasteiger charge is -2.37. The molecule has 0 spiro atoms. The first-order valence-electron chi connectivity index (χ1n) is 9.14. The number of amides is 1. The Morgan fingerprint density at radius 2 is 1.97 bits per heavy atom. The summed E-state index contributed by atoms with van der Waals surface area (Å²) < 4.78 is 61.2. The van der Waals surface area contributed by atoms with Crippen molar-refractivity contribution in [1.82, 2.24) is 10.2 Å². The van der Waals surface area contributed by atoms with E-state index in [0.29, 0.717) is 11.8 Å². The fourth-order valence-electron chi connectivity index (χ4n) is 3.99. The molecule has 10 nitrogen and oxygen atoms in total. The first-order valence-corrected chi connectivity index (χ1v) is 11.0. The first-order chi connectivity index (χ1) is 14.6. The molecule has 2 aliphatic rings. The van der Waals surface area contributed by atoms with Gasteiger partial charge in [-0.3, -0.25) is 9.08 Å². The van der Waals surface area contributed by atoms with Crippen molar-refractivity contribution in [3.05, 3.63) is 29.8 Å². The molecular formula is C18H18F2N4O6S. The van der Waals surface area contributed by atoms with Crippen LogP contribution >= 0.6 is 0 Å². The summed E-state index contributed by atoms with van der Waals surface area (Å²) in [5.74, 6) is -1.98. The third-order valence-corrected chi connectivity index (χ3v) is 5.74. The molecule has 2 atom stereocenters. The van der Waals surface area contributed by atoms with Gasteiger partial charge in [0.25, 0.3) is 10.1 Å². The molecule has 0 bridgehead atoms. The van der Waals surface area contributed by atoms with Gasteiger partial charge >= 0.3 is 6.09 Å². The van der Waals surface area contributed by atoms with Crippen molar-refractivity contribution in [1.29, 1.82) is 0 Å². The SMILES string of the molecule is COc1c(F)cc(F)cc1-c1cc2c(nn1)N(C(=O)O)C[C@H]1C[C@H](OS(C)(=O)=O)CN21. The Labute approximate surface area is 176 Å². The van der Waals surface area contributed by atoms with E-state index in [0.717, 1.165) is 17.2 Å². The van der Waals surface area contributed by atoms with E-state index in [2.05, 4.69) is 10.2 Å². The van der Waals surface area contributed by atoms with Crippen LogP contribution in [0.4, 0.5) is 25.1 Å². The summed E-state index contributed by atoms with van der Waals surface area (Å²) in [5.41, 5.74) is 0.393. The van der Waals surface area contributed by atoms with Gasteiger partial charge in [-0.2, -0.15) is 8.42 Å². The van der Waals surface area contributed by atoms with Crippen LogP contribution in [0.2, 0.25) is 0 Å². The lowest BCUT2D eigenvalue weighted by Crippen LogP contribution is -2.48. The molecule has 1 fully saturated rings. The molecule has 1 aromatic heterocycles. The van der Waals surface area contributed by atoms with Crippen LogP contribution in [0.15, 0.2) is 18.2 Å². The zero-order chi connectivity index (χ0) is 22.5. The van der Waals surface area contributed by atoms with Gasteiger partial charge in [-0.1, -0.05) is 0 Å². The van der Waals surface area contributed by atoms with Crippen LogP contribution < -0.4 is 14.5 Å². The molecule has 2 aliphatic heterocycles. The molecule has 1 amide bonds. The Balaban J connectivity index is 1.80. The van der Waals surface area contributed by atoms with Crippen LogP contribution in [0.5, 0.6) is 5.75 Å². The van der Waals surface area contributed by atoms with Gasteiger partial charge in [-0.15, -0.1) is 10.2 Å². The number of ether oxygens (including phenoxy) is 1. The summed E-state index contributed by atoms with van der Waals surface area (Å²) >= 11 is 0. The van der Waals surface area contributed by atoms with E-state index in [-0.39, 0.29) is 48.4 Å². The largest absolute Gasteiger partial charge is 0.493 e. The number of carbonyl (C=O) groups is 1. The number of carboxylic acid groups (broad SMARTS) is 1. The van der Waals surface area contributed by atoms with Crippen molar-refractivity contribution >= 4 is 27.7 Å². The minimum Gasteiger partial charge on any atom is -0.493 e. The molecule has 4 rings (SSSR count). The molecule has 13 heteroatoms. The predicted octanol–water partition coefficient (Wildman–Crippen LogP) is 1.85. The quantitative estimate of drug-likeness (QED) is 0.687. The van der Waals surface area contributed by atoms with Gasteiger partial charge in [-0.25, -0.2) is 13.6 Å². The van der Waals surface area contributed by atoms with E-state index in [9.17, 15) is 27.1 Å². The molecule has 1 saturated heterocycles. The van der Waals surface area contributed by atoms with E-state index in [1.165, 1.54) is 13.2 Å². The van der Waals surface area contributed by atoms with Gasteiger partial charge in [-0.05, 0) is 18.6 Å². The summed E-state index contributed by atoms with van der Waals surface area (Å²) in [6.45, 7) is 0.204. The highest BCUT2D eigenvalue weighted by molar-refractivity contribution is 7.86. The van der Waals surface area contributed by atoms with E-state index in [1.54, 1.807) is 4.90 Å². The van der Waals surface area contributed by atoms with Crippen molar-refractivity contribution in [3.63, 3.8) is 0 Å². The molecule has 1 aromatic carbocycles. The average molecular weight is 456 g/mol. The van der Waals surface area contributed by atoms with Crippen LogP contribution in [0.3, 0.4) is 0 Å². The molecule has 3 heterocycles. The summed E-state index contributed by atoms with van der Waals surface area (Å²) in [4.78, 5) is 14.5. The number of halogens is 2. The summed E-state index contributed by atoms with van der Waals surface area (Å²) in [6, 6.07) is 2.78. The van der Waals surface area contributed by atoms with E-state index in [1.807, 2.05) is 0 Å². The first kappa shape index (κ1) is 21.2. The number of fused-ring (bicyclic) bond motifs is 3. The number of nitrogens with zero attached hydrogens (tertiary/aromatic N) is 4. The third-order valence-electron chi connectivity index (χ3n) is 5.12. The molecule has 31 heavy (non-hydrogen) atoms. The fourth-order valence-corrected chi connectivity index (χ4v) is 4.63. The van der Waals surface area contributed by atoms with Crippen LogP contribution in [-0.4, -0.2) is 68.4 Å². The van der Waals surface area contributed by atoms with E-state index < -0.39 is 33.9 Å². The number of anilines is 2. The predicted molar refractivity (Wildman–Crippen MR) is 105 cm³/mol. The zero-order valence-electron chi connectivity index (χ0n) is 16.4. The maximum absolute atomic E-state index is 14.1.